The van der Waals surface area contributed by atoms with E-state index < -0.39 is 23.7 Å². The van der Waals surface area contributed by atoms with Gasteiger partial charge in [0.2, 0.25) is 5.83 Å². The van der Waals surface area contributed by atoms with Crippen molar-refractivity contribution in [3.05, 3.63) is 103 Å². The highest BCUT2D eigenvalue weighted by Crippen LogP contribution is 2.24. The minimum absolute atomic E-state index is 0.0673. The summed E-state index contributed by atoms with van der Waals surface area (Å²) >= 11 is 0. The molecule has 0 atom stereocenters. The maximum absolute atomic E-state index is 12.5. The summed E-state index contributed by atoms with van der Waals surface area (Å²) in [4.78, 5) is 34.6. The van der Waals surface area contributed by atoms with Crippen LogP contribution in [0.1, 0.15) is 10.4 Å². The van der Waals surface area contributed by atoms with Crippen LogP contribution >= 0.6 is 0 Å². The predicted molar refractivity (Wildman–Crippen MR) is 126 cm³/mol. The summed E-state index contributed by atoms with van der Waals surface area (Å²) in [6.45, 7) is 6.14. The van der Waals surface area contributed by atoms with Gasteiger partial charge in [-0.05, 0) is 59.7 Å². The molecule has 0 aliphatic carbocycles. The molecular formula is C27H21FO7. The summed E-state index contributed by atoms with van der Waals surface area (Å²) < 4.78 is 32.9. The zero-order chi connectivity index (χ0) is 25.2. The van der Waals surface area contributed by atoms with Gasteiger partial charge in [0, 0.05) is 6.08 Å². The number of ether oxygens (including phenoxy) is 4. The van der Waals surface area contributed by atoms with Gasteiger partial charge in [0.15, 0.2) is 0 Å². The second kappa shape index (κ2) is 11.9. The maximum Gasteiger partial charge on any atom is 0.366 e. The summed E-state index contributed by atoms with van der Waals surface area (Å²) in [7, 11) is 0. The molecule has 3 rings (SSSR count). The lowest BCUT2D eigenvalue weighted by atomic mass is 10.0. The van der Waals surface area contributed by atoms with Crippen molar-refractivity contribution in [2.75, 3.05) is 13.2 Å². The van der Waals surface area contributed by atoms with E-state index in [1.54, 1.807) is 36.4 Å². The van der Waals surface area contributed by atoms with E-state index in [1.807, 2.05) is 12.1 Å². The number of rotatable bonds is 10. The van der Waals surface area contributed by atoms with Crippen molar-refractivity contribution in [3.8, 4) is 28.4 Å². The van der Waals surface area contributed by atoms with Crippen LogP contribution in [0.3, 0.4) is 0 Å². The Labute approximate surface area is 201 Å². The normalized spacial score (nSPS) is 10.1. The van der Waals surface area contributed by atoms with Crippen LogP contribution in [0.5, 0.6) is 17.2 Å². The molecule has 0 radical (unpaired) electrons. The Morgan fingerprint density at radius 2 is 1.26 bits per heavy atom. The molecular weight excluding hydrogens is 455 g/mol. The predicted octanol–water partition coefficient (Wildman–Crippen LogP) is 5.07. The van der Waals surface area contributed by atoms with Gasteiger partial charge in [-0.25, -0.2) is 14.4 Å². The number of halogens is 1. The van der Waals surface area contributed by atoms with Crippen LogP contribution in [-0.4, -0.2) is 31.1 Å². The number of benzene rings is 3. The third kappa shape index (κ3) is 7.40. The van der Waals surface area contributed by atoms with E-state index in [0.29, 0.717) is 22.8 Å². The van der Waals surface area contributed by atoms with Crippen LogP contribution < -0.4 is 14.2 Å². The average Bonchev–Trinajstić information content (AvgIpc) is 2.88. The van der Waals surface area contributed by atoms with Crippen molar-refractivity contribution in [1.29, 1.82) is 0 Å². The van der Waals surface area contributed by atoms with E-state index in [9.17, 15) is 18.8 Å². The second-order valence-electron chi connectivity index (χ2n) is 6.98. The number of carbonyl (C=O) groups excluding carboxylic acids is 3. The van der Waals surface area contributed by atoms with E-state index in [1.165, 1.54) is 24.3 Å². The molecule has 0 amide bonds. The largest absolute Gasteiger partial charge is 0.490 e. The number of hydrogen-bond acceptors (Lipinski definition) is 7. The molecule has 0 aromatic heterocycles. The summed E-state index contributed by atoms with van der Waals surface area (Å²) in [6.07, 6.45) is 1.05. The zero-order valence-electron chi connectivity index (χ0n) is 18.6. The van der Waals surface area contributed by atoms with Crippen LogP contribution in [0.25, 0.3) is 11.1 Å². The Morgan fingerprint density at radius 1 is 0.743 bits per heavy atom. The molecule has 178 valence electrons. The van der Waals surface area contributed by atoms with Gasteiger partial charge in [0.25, 0.3) is 0 Å². The van der Waals surface area contributed by atoms with Gasteiger partial charge in [0.05, 0.1) is 5.56 Å². The number of carbonyl (C=O) groups is 3. The first-order chi connectivity index (χ1) is 16.9. The Morgan fingerprint density at radius 3 is 1.80 bits per heavy atom. The second-order valence-corrected chi connectivity index (χ2v) is 6.98. The zero-order valence-corrected chi connectivity index (χ0v) is 18.6. The fraction of sp³-hybridized carbons (Fsp3) is 0.0741. The standard InChI is InChI=1S/C27H21FO7/c1-3-25(29)34-23-12-14-24(15-13-23)35-27(31)21-6-4-19(5-7-21)20-8-10-22(11-9-20)32-16-17-33-26(30)18(2)28/h3-15H,1-2,16-17H2. The molecule has 8 heteroatoms. The fourth-order valence-electron chi connectivity index (χ4n) is 2.81. The van der Waals surface area contributed by atoms with Gasteiger partial charge in [-0.2, -0.15) is 4.39 Å². The van der Waals surface area contributed by atoms with Crippen LogP contribution in [0.2, 0.25) is 0 Å². The molecule has 0 saturated heterocycles. The molecule has 0 fully saturated rings. The summed E-state index contributed by atoms with van der Waals surface area (Å²) in [5.74, 6) is -2.22. The molecule has 3 aromatic rings. The molecule has 0 heterocycles. The average molecular weight is 476 g/mol. The molecule has 0 saturated carbocycles. The minimum atomic E-state index is -1.16. The Kier molecular flexibility index (Phi) is 8.50. The number of hydrogen-bond donors (Lipinski definition) is 0. The van der Waals surface area contributed by atoms with E-state index in [4.69, 9.17) is 14.2 Å². The van der Waals surface area contributed by atoms with Gasteiger partial charge >= 0.3 is 17.9 Å². The monoisotopic (exact) mass is 476 g/mol. The van der Waals surface area contributed by atoms with Crippen LogP contribution in [0.4, 0.5) is 4.39 Å². The molecule has 7 nitrogen and oxygen atoms in total. The van der Waals surface area contributed by atoms with E-state index in [-0.39, 0.29) is 13.2 Å². The maximum atomic E-state index is 12.5. The Balaban J connectivity index is 1.53. The molecule has 3 aromatic carbocycles. The van der Waals surface area contributed by atoms with Crippen LogP contribution in [-0.2, 0) is 14.3 Å². The highest BCUT2D eigenvalue weighted by Gasteiger charge is 2.10. The molecule has 0 spiro atoms. The lowest BCUT2D eigenvalue weighted by Gasteiger charge is -2.09. The van der Waals surface area contributed by atoms with Crippen LogP contribution in [0, 0.1) is 0 Å². The van der Waals surface area contributed by atoms with Crippen molar-refractivity contribution >= 4 is 17.9 Å². The van der Waals surface area contributed by atoms with E-state index >= 15 is 0 Å². The smallest absolute Gasteiger partial charge is 0.366 e. The highest BCUT2D eigenvalue weighted by molar-refractivity contribution is 5.91. The number of esters is 3. The summed E-state index contributed by atoms with van der Waals surface area (Å²) in [6, 6.07) is 20.1. The van der Waals surface area contributed by atoms with Crippen molar-refractivity contribution in [2.24, 2.45) is 0 Å². The third-order valence-corrected chi connectivity index (χ3v) is 4.53. The fourth-order valence-corrected chi connectivity index (χ4v) is 2.81. The topological polar surface area (TPSA) is 88.1 Å². The SMILES string of the molecule is C=CC(=O)Oc1ccc(OC(=O)c2ccc(-c3ccc(OCCOC(=O)C(=C)F)cc3)cc2)cc1. The van der Waals surface area contributed by atoms with Gasteiger partial charge in [-0.1, -0.05) is 37.4 Å². The molecule has 0 aliphatic rings. The highest BCUT2D eigenvalue weighted by atomic mass is 19.1. The van der Waals surface area contributed by atoms with Crippen molar-refractivity contribution < 1.29 is 37.7 Å². The van der Waals surface area contributed by atoms with Crippen molar-refractivity contribution in [1.82, 2.24) is 0 Å². The quantitative estimate of drug-likeness (QED) is 0.175. The lowest BCUT2D eigenvalue weighted by Crippen LogP contribution is -2.12. The third-order valence-electron chi connectivity index (χ3n) is 4.53. The van der Waals surface area contributed by atoms with Gasteiger partial charge in [-0.15, -0.1) is 0 Å². The van der Waals surface area contributed by atoms with Gasteiger partial charge in [0.1, 0.15) is 30.5 Å². The Hall–Kier alpha value is -4.72. The first-order valence-corrected chi connectivity index (χ1v) is 10.4. The van der Waals surface area contributed by atoms with Crippen LogP contribution in [0.15, 0.2) is 97.9 Å². The Bertz CT molecular complexity index is 1210. The van der Waals surface area contributed by atoms with E-state index in [2.05, 4.69) is 17.9 Å². The summed E-state index contributed by atoms with van der Waals surface area (Å²) in [5.41, 5.74) is 2.13. The molecule has 0 aliphatic heterocycles. The van der Waals surface area contributed by atoms with Crippen molar-refractivity contribution in [2.45, 2.75) is 0 Å². The molecule has 35 heavy (non-hydrogen) atoms. The molecule has 0 bridgehead atoms. The van der Waals surface area contributed by atoms with Gasteiger partial charge < -0.3 is 18.9 Å². The summed E-state index contributed by atoms with van der Waals surface area (Å²) in [5, 5.41) is 0. The first kappa shape index (κ1) is 24.9. The minimum Gasteiger partial charge on any atom is -0.490 e. The lowest BCUT2D eigenvalue weighted by molar-refractivity contribution is -0.141. The van der Waals surface area contributed by atoms with Crippen molar-refractivity contribution in [3.63, 3.8) is 0 Å². The van der Waals surface area contributed by atoms with E-state index in [0.717, 1.165) is 17.2 Å². The van der Waals surface area contributed by atoms with Gasteiger partial charge in [-0.3, -0.25) is 0 Å². The molecule has 0 unspecified atom stereocenters. The molecule has 0 N–H and O–H groups in total. The first-order valence-electron chi connectivity index (χ1n) is 10.4.